The van der Waals surface area contributed by atoms with E-state index in [1.165, 1.54) is 12.1 Å². The average molecular weight is 328 g/mol. The number of rotatable bonds is 8. The number of amides is 1. The molecule has 0 aromatic heterocycles. The van der Waals surface area contributed by atoms with E-state index in [4.69, 9.17) is 5.11 Å². The van der Waals surface area contributed by atoms with Crippen LogP contribution in [0.15, 0.2) is 24.3 Å². The van der Waals surface area contributed by atoms with Crippen LogP contribution in [-0.4, -0.2) is 37.2 Å². The maximum atomic E-state index is 12.2. The Kier molecular flexibility index (Phi) is 6.36. The van der Waals surface area contributed by atoms with Crippen LogP contribution < -0.4 is 10.0 Å². The van der Waals surface area contributed by atoms with Gasteiger partial charge >= 0.3 is 5.97 Å². The van der Waals surface area contributed by atoms with E-state index < -0.39 is 27.9 Å². The molecule has 0 fully saturated rings. The molecule has 0 spiro atoms. The number of carbonyl (C=O) groups is 2. The molecule has 3 N–H and O–H groups in total. The van der Waals surface area contributed by atoms with Crippen molar-refractivity contribution in [1.82, 2.24) is 5.32 Å². The lowest BCUT2D eigenvalue weighted by Gasteiger charge is -2.15. The Labute approximate surface area is 129 Å². The van der Waals surface area contributed by atoms with Gasteiger partial charge in [0.2, 0.25) is 10.0 Å². The molecule has 0 saturated heterocycles. The Bertz CT molecular complexity index is 642. The van der Waals surface area contributed by atoms with Crippen LogP contribution in [0.5, 0.6) is 0 Å². The lowest BCUT2D eigenvalue weighted by atomic mass is 10.1. The number of benzene rings is 1. The second kappa shape index (κ2) is 7.79. The van der Waals surface area contributed by atoms with Gasteiger partial charge < -0.3 is 10.4 Å². The van der Waals surface area contributed by atoms with Gasteiger partial charge in [0.05, 0.1) is 17.0 Å². The SMILES string of the molecule is CCCS(=O)(=O)Nc1ccccc1C(=O)NC(CC)C(=O)O. The van der Waals surface area contributed by atoms with Crippen molar-refractivity contribution in [1.29, 1.82) is 0 Å². The van der Waals surface area contributed by atoms with Crippen molar-refractivity contribution in [3.05, 3.63) is 29.8 Å². The summed E-state index contributed by atoms with van der Waals surface area (Å²) in [6.45, 7) is 3.37. The van der Waals surface area contributed by atoms with Gasteiger partial charge in [0, 0.05) is 0 Å². The summed E-state index contributed by atoms with van der Waals surface area (Å²) in [7, 11) is -3.54. The molecule has 122 valence electrons. The summed E-state index contributed by atoms with van der Waals surface area (Å²) in [5, 5.41) is 11.3. The largest absolute Gasteiger partial charge is 0.480 e. The van der Waals surface area contributed by atoms with Crippen LogP contribution in [0.3, 0.4) is 0 Å². The third kappa shape index (κ3) is 5.03. The number of aliphatic carboxylic acids is 1. The number of nitrogens with one attached hydrogen (secondary N) is 2. The summed E-state index contributed by atoms with van der Waals surface area (Å²) in [4.78, 5) is 23.1. The monoisotopic (exact) mass is 328 g/mol. The quantitative estimate of drug-likeness (QED) is 0.668. The summed E-state index contributed by atoms with van der Waals surface area (Å²) >= 11 is 0. The van der Waals surface area contributed by atoms with E-state index in [0.717, 1.165) is 0 Å². The van der Waals surface area contributed by atoms with Gasteiger partial charge in [0.15, 0.2) is 0 Å². The fourth-order valence-electron chi connectivity index (χ4n) is 1.83. The fraction of sp³-hybridized carbons (Fsp3) is 0.429. The van der Waals surface area contributed by atoms with E-state index in [9.17, 15) is 18.0 Å². The Hall–Kier alpha value is -2.09. The van der Waals surface area contributed by atoms with Crippen LogP contribution in [-0.2, 0) is 14.8 Å². The molecule has 1 unspecified atom stereocenters. The molecular weight excluding hydrogens is 308 g/mol. The number of carbonyl (C=O) groups excluding carboxylic acids is 1. The minimum Gasteiger partial charge on any atom is -0.480 e. The first kappa shape index (κ1) is 18.0. The summed E-state index contributed by atoms with van der Waals surface area (Å²) < 4.78 is 26.0. The van der Waals surface area contributed by atoms with Gasteiger partial charge in [-0.05, 0) is 25.0 Å². The number of carboxylic acid groups (broad SMARTS) is 1. The van der Waals surface area contributed by atoms with Crippen LogP contribution >= 0.6 is 0 Å². The van der Waals surface area contributed by atoms with Gasteiger partial charge in [-0.2, -0.15) is 0 Å². The fourth-order valence-corrected chi connectivity index (χ4v) is 2.98. The highest BCUT2D eigenvalue weighted by Gasteiger charge is 2.21. The maximum Gasteiger partial charge on any atom is 0.326 e. The molecule has 0 bridgehead atoms. The number of sulfonamides is 1. The van der Waals surface area contributed by atoms with Gasteiger partial charge in [-0.25, -0.2) is 13.2 Å². The van der Waals surface area contributed by atoms with Gasteiger partial charge in [-0.1, -0.05) is 26.0 Å². The van der Waals surface area contributed by atoms with Gasteiger partial charge in [-0.3, -0.25) is 9.52 Å². The molecule has 0 saturated carbocycles. The standard InChI is InChI=1S/C14H20N2O5S/c1-3-9-22(20,21)16-12-8-6-5-7-10(12)13(17)15-11(4-2)14(18)19/h5-8,11,16H,3-4,9H2,1-2H3,(H,15,17)(H,18,19). The first-order valence-electron chi connectivity index (χ1n) is 6.94. The molecule has 0 heterocycles. The Morgan fingerprint density at radius 1 is 1.23 bits per heavy atom. The predicted octanol–water partition coefficient (Wildman–Crippen LogP) is 1.43. The van der Waals surface area contributed by atoms with Crippen molar-refractivity contribution in [3.63, 3.8) is 0 Å². The van der Waals surface area contributed by atoms with Gasteiger partial charge in [0.1, 0.15) is 6.04 Å². The topological polar surface area (TPSA) is 113 Å². The zero-order chi connectivity index (χ0) is 16.8. The smallest absolute Gasteiger partial charge is 0.326 e. The van der Waals surface area contributed by atoms with Crippen LogP contribution in [0.1, 0.15) is 37.0 Å². The summed E-state index contributed by atoms with van der Waals surface area (Å²) in [6, 6.07) is 5.05. The van der Waals surface area contributed by atoms with Crippen molar-refractivity contribution >= 4 is 27.6 Å². The van der Waals surface area contributed by atoms with Crippen molar-refractivity contribution in [2.75, 3.05) is 10.5 Å². The lowest BCUT2D eigenvalue weighted by molar-refractivity contribution is -0.139. The zero-order valence-electron chi connectivity index (χ0n) is 12.5. The Balaban J connectivity index is 3.01. The van der Waals surface area contributed by atoms with Gasteiger partial charge in [0.25, 0.3) is 5.91 Å². The molecule has 0 aliphatic heterocycles. The second-order valence-electron chi connectivity index (χ2n) is 4.74. The molecule has 0 aliphatic carbocycles. The average Bonchev–Trinajstić information content (AvgIpc) is 2.44. The molecule has 8 heteroatoms. The molecule has 7 nitrogen and oxygen atoms in total. The van der Waals surface area contributed by atoms with Crippen LogP contribution in [0.4, 0.5) is 5.69 Å². The predicted molar refractivity (Wildman–Crippen MR) is 83.3 cm³/mol. The van der Waals surface area contributed by atoms with E-state index in [-0.39, 0.29) is 23.4 Å². The van der Waals surface area contributed by atoms with E-state index in [1.807, 2.05) is 0 Å². The van der Waals surface area contributed by atoms with E-state index in [2.05, 4.69) is 10.0 Å². The second-order valence-corrected chi connectivity index (χ2v) is 6.58. The van der Waals surface area contributed by atoms with Gasteiger partial charge in [-0.15, -0.1) is 0 Å². The maximum absolute atomic E-state index is 12.2. The highest BCUT2D eigenvalue weighted by Crippen LogP contribution is 2.17. The normalized spacial score (nSPS) is 12.5. The van der Waals surface area contributed by atoms with Crippen LogP contribution in [0.2, 0.25) is 0 Å². The summed E-state index contributed by atoms with van der Waals surface area (Å²) in [6.07, 6.45) is 0.672. The number of hydrogen-bond acceptors (Lipinski definition) is 4. The number of para-hydroxylation sites is 1. The number of hydrogen-bond donors (Lipinski definition) is 3. The molecule has 1 aromatic rings. The number of anilines is 1. The highest BCUT2D eigenvalue weighted by molar-refractivity contribution is 7.92. The Morgan fingerprint density at radius 2 is 1.86 bits per heavy atom. The molecule has 0 radical (unpaired) electrons. The van der Waals surface area contributed by atoms with Crippen LogP contribution in [0, 0.1) is 0 Å². The molecule has 1 aromatic carbocycles. The highest BCUT2D eigenvalue weighted by atomic mass is 32.2. The summed E-state index contributed by atoms with van der Waals surface area (Å²) in [5.41, 5.74) is 0.218. The van der Waals surface area contributed by atoms with E-state index in [1.54, 1.807) is 26.0 Å². The van der Waals surface area contributed by atoms with Crippen molar-refractivity contribution in [3.8, 4) is 0 Å². The molecule has 22 heavy (non-hydrogen) atoms. The molecule has 1 rings (SSSR count). The van der Waals surface area contributed by atoms with Crippen LogP contribution in [0.25, 0.3) is 0 Å². The first-order valence-corrected chi connectivity index (χ1v) is 8.59. The first-order chi connectivity index (χ1) is 10.3. The van der Waals surface area contributed by atoms with Crippen molar-refractivity contribution in [2.45, 2.75) is 32.7 Å². The Morgan fingerprint density at radius 3 is 2.41 bits per heavy atom. The van der Waals surface area contributed by atoms with Crippen molar-refractivity contribution < 1.29 is 23.1 Å². The molecular formula is C14H20N2O5S. The number of carboxylic acids is 1. The zero-order valence-corrected chi connectivity index (χ0v) is 13.3. The molecule has 1 atom stereocenters. The third-order valence-electron chi connectivity index (χ3n) is 2.92. The van der Waals surface area contributed by atoms with E-state index in [0.29, 0.717) is 6.42 Å². The summed E-state index contributed by atoms with van der Waals surface area (Å²) in [5.74, 6) is -1.83. The lowest BCUT2D eigenvalue weighted by Crippen LogP contribution is -2.40. The third-order valence-corrected chi connectivity index (χ3v) is 4.40. The van der Waals surface area contributed by atoms with E-state index >= 15 is 0 Å². The molecule has 0 aliphatic rings. The minimum atomic E-state index is -3.54. The van der Waals surface area contributed by atoms with Crippen molar-refractivity contribution in [2.24, 2.45) is 0 Å². The minimum absolute atomic E-state index is 0.0599. The molecule has 1 amide bonds.